The van der Waals surface area contributed by atoms with Crippen LogP contribution in [0.25, 0.3) is 0 Å². The molecular formula is C17H22ClFN2O4. The number of nitrogens with zero attached hydrogens (tertiary/aromatic N) is 2. The maximum Gasteiger partial charge on any atom is 0.317 e. The van der Waals surface area contributed by atoms with Gasteiger partial charge in [-0.2, -0.15) is 0 Å². The molecule has 6 nitrogen and oxygen atoms in total. The van der Waals surface area contributed by atoms with Crippen LogP contribution in [0.5, 0.6) is 5.75 Å². The molecule has 0 aromatic heterocycles. The van der Waals surface area contributed by atoms with Crippen molar-refractivity contribution >= 4 is 23.5 Å². The van der Waals surface area contributed by atoms with Gasteiger partial charge in [0.2, 0.25) is 0 Å². The summed E-state index contributed by atoms with van der Waals surface area (Å²) in [6.45, 7) is 3.60. The van der Waals surface area contributed by atoms with Crippen molar-refractivity contribution in [3.63, 3.8) is 0 Å². The van der Waals surface area contributed by atoms with Crippen molar-refractivity contribution in [2.24, 2.45) is 0 Å². The Morgan fingerprint density at radius 1 is 1.40 bits per heavy atom. The zero-order valence-corrected chi connectivity index (χ0v) is 14.8. The average molecular weight is 373 g/mol. The van der Waals surface area contributed by atoms with E-state index in [4.69, 9.17) is 21.4 Å². The summed E-state index contributed by atoms with van der Waals surface area (Å²) in [7, 11) is 0. The molecule has 0 unspecified atom stereocenters. The molecule has 25 heavy (non-hydrogen) atoms. The quantitative estimate of drug-likeness (QED) is 0.795. The zero-order valence-electron chi connectivity index (χ0n) is 14.1. The summed E-state index contributed by atoms with van der Waals surface area (Å²) in [6.07, 6.45) is 1.46. The molecule has 138 valence electrons. The van der Waals surface area contributed by atoms with E-state index in [9.17, 15) is 14.0 Å². The molecule has 0 saturated carbocycles. The van der Waals surface area contributed by atoms with Crippen molar-refractivity contribution in [2.75, 3.05) is 32.8 Å². The Labute approximate surface area is 151 Å². The zero-order chi connectivity index (χ0) is 18.4. The van der Waals surface area contributed by atoms with E-state index >= 15 is 0 Å². The number of amides is 1. The van der Waals surface area contributed by atoms with Crippen molar-refractivity contribution in [3.05, 3.63) is 29.0 Å². The number of hydrogen-bond acceptors (Lipinski definition) is 4. The normalized spacial score (nSPS) is 15.4. The third kappa shape index (κ3) is 5.57. The fraction of sp³-hybridized carbons (Fsp3) is 0.529. The van der Waals surface area contributed by atoms with Gasteiger partial charge in [-0.05, 0) is 31.5 Å². The van der Waals surface area contributed by atoms with Crippen molar-refractivity contribution in [1.82, 2.24) is 9.80 Å². The molecule has 2 rings (SSSR count). The third-order valence-corrected chi connectivity index (χ3v) is 4.62. The molecule has 1 heterocycles. The van der Waals surface area contributed by atoms with Crippen LogP contribution in [0.1, 0.15) is 19.8 Å². The third-order valence-electron chi connectivity index (χ3n) is 4.33. The Balaban J connectivity index is 1.80. The number of rotatable bonds is 7. The van der Waals surface area contributed by atoms with Crippen LogP contribution in [0.15, 0.2) is 18.2 Å². The van der Waals surface area contributed by atoms with Crippen LogP contribution >= 0.6 is 11.6 Å². The molecule has 1 fully saturated rings. The summed E-state index contributed by atoms with van der Waals surface area (Å²) in [5.41, 5.74) is 0. The monoisotopic (exact) mass is 372 g/mol. The van der Waals surface area contributed by atoms with Gasteiger partial charge in [0.1, 0.15) is 11.6 Å². The molecule has 0 radical (unpaired) electrons. The van der Waals surface area contributed by atoms with Gasteiger partial charge in [0.05, 0.1) is 11.6 Å². The number of hydrogen-bond donors (Lipinski definition) is 1. The van der Waals surface area contributed by atoms with Crippen LogP contribution in [0.2, 0.25) is 5.02 Å². The lowest BCUT2D eigenvalue weighted by atomic mass is 10.0. The van der Waals surface area contributed by atoms with E-state index in [1.54, 1.807) is 4.90 Å². The maximum absolute atomic E-state index is 13.1. The second kappa shape index (κ2) is 9.01. The van der Waals surface area contributed by atoms with E-state index < -0.39 is 11.8 Å². The van der Waals surface area contributed by atoms with Crippen LogP contribution < -0.4 is 4.74 Å². The minimum absolute atomic E-state index is 0.0174. The Kier molecular flexibility index (Phi) is 7.01. The number of halogens is 2. The smallest absolute Gasteiger partial charge is 0.317 e. The summed E-state index contributed by atoms with van der Waals surface area (Å²) in [4.78, 5) is 26.7. The lowest BCUT2D eigenvalue weighted by molar-refractivity contribution is -0.140. The molecule has 0 spiro atoms. The number of carbonyl (C=O) groups excluding carboxylic acids is 1. The molecule has 1 N–H and O–H groups in total. The summed E-state index contributed by atoms with van der Waals surface area (Å²) in [5.74, 6) is -1.19. The fourth-order valence-corrected chi connectivity index (χ4v) is 3.13. The highest BCUT2D eigenvalue weighted by Crippen LogP contribution is 2.21. The first-order valence-electron chi connectivity index (χ1n) is 8.22. The number of carboxylic acids is 1. The van der Waals surface area contributed by atoms with Gasteiger partial charge in [-0.1, -0.05) is 18.5 Å². The SMILES string of the molecule is CCN(CC(=O)O)C1CCN(C(=O)COc2ccc(F)c(Cl)c2)CC1. The lowest BCUT2D eigenvalue weighted by Crippen LogP contribution is -2.49. The van der Waals surface area contributed by atoms with E-state index in [1.807, 2.05) is 11.8 Å². The summed E-state index contributed by atoms with van der Waals surface area (Å²) in [5, 5.41) is 8.89. The number of likely N-dealkylation sites (N-methyl/N-ethyl adjacent to an activating group) is 1. The van der Waals surface area contributed by atoms with Crippen molar-refractivity contribution in [2.45, 2.75) is 25.8 Å². The molecule has 0 aliphatic carbocycles. The summed E-state index contributed by atoms with van der Waals surface area (Å²) in [6, 6.07) is 4.12. The molecule has 1 aliphatic heterocycles. The number of carboxylic acid groups (broad SMARTS) is 1. The van der Waals surface area contributed by atoms with Crippen molar-refractivity contribution < 1.29 is 23.8 Å². The Hall–Kier alpha value is -1.86. The first-order chi connectivity index (χ1) is 11.9. The minimum Gasteiger partial charge on any atom is -0.484 e. The summed E-state index contributed by atoms with van der Waals surface area (Å²) >= 11 is 5.68. The first kappa shape index (κ1) is 19.5. The van der Waals surface area contributed by atoms with Gasteiger partial charge < -0.3 is 14.7 Å². The minimum atomic E-state index is -0.841. The lowest BCUT2D eigenvalue weighted by Gasteiger charge is -2.37. The predicted octanol–water partition coefficient (Wildman–Crippen LogP) is 2.26. The van der Waals surface area contributed by atoms with Crippen LogP contribution in [0.3, 0.4) is 0 Å². The molecule has 1 aromatic carbocycles. The van der Waals surface area contributed by atoms with Crippen molar-refractivity contribution in [3.8, 4) is 5.75 Å². The van der Waals surface area contributed by atoms with Crippen LogP contribution in [0.4, 0.5) is 4.39 Å². The van der Waals surface area contributed by atoms with Crippen LogP contribution in [0, 0.1) is 5.82 Å². The standard InChI is InChI=1S/C17H22ClFN2O4/c1-2-20(10-17(23)24)12-5-7-21(8-6-12)16(22)11-25-13-3-4-15(19)14(18)9-13/h3-4,9,12H,2,5-8,10-11H2,1H3,(H,23,24). The van der Waals surface area contributed by atoms with Crippen molar-refractivity contribution in [1.29, 1.82) is 0 Å². The van der Waals surface area contributed by atoms with E-state index in [1.165, 1.54) is 18.2 Å². The summed E-state index contributed by atoms with van der Waals surface area (Å²) < 4.78 is 18.5. The van der Waals surface area contributed by atoms with E-state index in [0.717, 1.165) is 12.8 Å². The van der Waals surface area contributed by atoms with Crippen LogP contribution in [-0.2, 0) is 9.59 Å². The second-order valence-electron chi connectivity index (χ2n) is 5.93. The Morgan fingerprint density at radius 2 is 2.08 bits per heavy atom. The Bertz CT molecular complexity index is 621. The highest BCUT2D eigenvalue weighted by Gasteiger charge is 2.27. The largest absolute Gasteiger partial charge is 0.484 e. The predicted molar refractivity (Wildman–Crippen MR) is 91.4 cm³/mol. The highest BCUT2D eigenvalue weighted by molar-refractivity contribution is 6.30. The fourth-order valence-electron chi connectivity index (χ4n) is 2.96. The van der Waals surface area contributed by atoms with Gasteiger partial charge >= 0.3 is 5.97 Å². The molecule has 1 amide bonds. The molecule has 0 atom stereocenters. The number of aliphatic carboxylic acids is 1. The number of likely N-dealkylation sites (tertiary alicyclic amines) is 1. The highest BCUT2D eigenvalue weighted by atomic mass is 35.5. The molecule has 1 aliphatic rings. The average Bonchev–Trinajstić information content (AvgIpc) is 2.60. The van der Waals surface area contributed by atoms with E-state index in [-0.39, 0.29) is 30.1 Å². The number of carbonyl (C=O) groups is 2. The van der Waals surface area contributed by atoms with Gasteiger partial charge in [0.15, 0.2) is 6.61 Å². The molecule has 1 saturated heterocycles. The van der Waals surface area contributed by atoms with Gasteiger partial charge in [-0.15, -0.1) is 0 Å². The van der Waals surface area contributed by atoms with Gasteiger partial charge in [-0.25, -0.2) is 4.39 Å². The Morgan fingerprint density at radius 3 is 2.64 bits per heavy atom. The molecule has 1 aromatic rings. The number of piperidine rings is 1. The van der Waals surface area contributed by atoms with Gasteiger partial charge in [0.25, 0.3) is 5.91 Å². The van der Waals surface area contributed by atoms with E-state index in [0.29, 0.717) is 25.4 Å². The molecule has 8 heteroatoms. The van der Waals surface area contributed by atoms with E-state index in [2.05, 4.69) is 0 Å². The van der Waals surface area contributed by atoms with Gasteiger partial charge in [0, 0.05) is 25.2 Å². The molecule has 0 bridgehead atoms. The topological polar surface area (TPSA) is 70.1 Å². The van der Waals surface area contributed by atoms with Crippen LogP contribution in [-0.4, -0.2) is 65.6 Å². The first-order valence-corrected chi connectivity index (χ1v) is 8.60. The number of ether oxygens (including phenoxy) is 1. The second-order valence-corrected chi connectivity index (χ2v) is 6.34. The maximum atomic E-state index is 13.1. The molecular weight excluding hydrogens is 351 g/mol. The number of benzene rings is 1. The van der Waals surface area contributed by atoms with Gasteiger partial charge in [-0.3, -0.25) is 14.5 Å².